The molecule has 5 heteroatoms. The molecular weight excluding hydrogens is 254 g/mol. The fourth-order valence-electron chi connectivity index (χ4n) is 2.34. The van der Waals surface area contributed by atoms with E-state index in [4.69, 9.17) is 4.74 Å². The Morgan fingerprint density at radius 2 is 2.05 bits per heavy atom. The number of ether oxygens (including phenoxy) is 1. The van der Waals surface area contributed by atoms with Crippen LogP contribution in [-0.4, -0.2) is 62.1 Å². The van der Waals surface area contributed by atoms with Crippen LogP contribution in [0.5, 0.6) is 5.75 Å². The number of piperazine rings is 1. The van der Waals surface area contributed by atoms with Gasteiger partial charge in [0.15, 0.2) is 0 Å². The van der Waals surface area contributed by atoms with Crippen molar-refractivity contribution >= 4 is 11.6 Å². The van der Waals surface area contributed by atoms with Crippen LogP contribution in [-0.2, 0) is 4.79 Å². The van der Waals surface area contributed by atoms with Gasteiger partial charge in [-0.1, -0.05) is 13.0 Å². The summed E-state index contributed by atoms with van der Waals surface area (Å²) in [6, 6.07) is 7.62. The van der Waals surface area contributed by atoms with Crippen LogP contribution >= 0.6 is 0 Å². The monoisotopic (exact) mass is 277 g/mol. The molecule has 20 heavy (non-hydrogen) atoms. The van der Waals surface area contributed by atoms with E-state index in [9.17, 15) is 4.79 Å². The van der Waals surface area contributed by atoms with Crippen LogP contribution in [0.2, 0.25) is 0 Å². The first-order chi connectivity index (χ1) is 9.72. The molecule has 0 unspecified atom stereocenters. The lowest BCUT2D eigenvalue weighted by Crippen LogP contribution is -2.49. The predicted octanol–water partition coefficient (Wildman–Crippen LogP) is 1.27. The van der Waals surface area contributed by atoms with E-state index in [2.05, 4.69) is 17.1 Å². The van der Waals surface area contributed by atoms with Crippen LogP contribution in [0.25, 0.3) is 0 Å². The van der Waals surface area contributed by atoms with Gasteiger partial charge in [-0.15, -0.1) is 0 Å². The van der Waals surface area contributed by atoms with Gasteiger partial charge < -0.3 is 19.9 Å². The maximum atomic E-state index is 12.1. The van der Waals surface area contributed by atoms with Crippen LogP contribution < -0.4 is 10.1 Å². The summed E-state index contributed by atoms with van der Waals surface area (Å²) in [5.41, 5.74) is 0.907. The van der Waals surface area contributed by atoms with E-state index in [1.54, 1.807) is 7.11 Å². The molecule has 5 nitrogen and oxygen atoms in total. The summed E-state index contributed by atoms with van der Waals surface area (Å²) < 4.78 is 5.16. The smallest absolute Gasteiger partial charge is 0.241 e. The Balaban J connectivity index is 1.80. The first-order valence-electron chi connectivity index (χ1n) is 7.11. The third-order valence-corrected chi connectivity index (χ3v) is 3.69. The molecule has 1 saturated heterocycles. The van der Waals surface area contributed by atoms with Crippen molar-refractivity contribution in [2.45, 2.75) is 6.92 Å². The van der Waals surface area contributed by atoms with Crippen molar-refractivity contribution in [1.29, 1.82) is 0 Å². The molecule has 1 aliphatic rings. The van der Waals surface area contributed by atoms with Gasteiger partial charge >= 0.3 is 0 Å². The van der Waals surface area contributed by atoms with Gasteiger partial charge in [0.2, 0.25) is 5.91 Å². The van der Waals surface area contributed by atoms with Crippen LogP contribution in [0.15, 0.2) is 24.3 Å². The molecule has 1 aromatic carbocycles. The lowest BCUT2D eigenvalue weighted by Gasteiger charge is -2.34. The minimum absolute atomic E-state index is 0.156. The molecule has 1 heterocycles. The van der Waals surface area contributed by atoms with Crippen molar-refractivity contribution in [3.8, 4) is 5.75 Å². The lowest BCUT2D eigenvalue weighted by molar-refractivity contribution is -0.131. The van der Waals surface area contributed by atoms with E-state index in [0.717, 1.165) is 44.2 Å². The van der Waals surface area contributed by atoms with E-state index in [0.29, 0.717) is 6.54 Å². The minimum atomic E-state index is 0.156. The molecular formula is C15H23N3O2. The van der Waals surface area contributed by atoms with Gasteiger partial charge in [-0.05, 0) is 18.7 Å². The number of anilines is 1. The number of carbonyl (C=O) groups is 1. The Kier molecular flexibility index (Phi) is 5.24. The molecule has 1 aromatic rings. The first kappa shape index (κ1) is 14.7. The summed E-state index contributed by atoms with van der Waals surface area (Å²) >= 11 is 0. The predicted molar refractivity (Wildman–Crippen MR) is 80.2 cm³/mol. The highest BCUT2D eigenvalue weighted by Gasteiger charge is 2.19. The van der Waals surface area contributed by atoms with Crippen LogP contribution in [0.4, 0.5) is 5.69 Å². The summed E-state index contributed by atoms with van der Waals surface area (Å²) in [6.45, 7) is 7.15. The Hall–Kier alpha value is -1.75. The van der Waals surface area contributed by atoms with Crippen molar-refractivity contribution in [1.82, 2.24) is 9.80 Å². The number of rotatable bonds is 5. The second kappa shape index (κ2) is 7.14. The van der Waals surface area contributed by atoms with Gasteiger partial charge in [0.05, 0.1) is 13.7 Å². The maximum Gasteiger partial charge on any atom is 0.241 e. The van der Waals surface area contributed by atoms with Crippen molar-refractivity contribution in [2.24, 2.45) is 0 Å². The molecule has 0 spiro atoms. The quantitative estimate of drug-likeness (QED) is 0.880. The average molecular weight is 277 g/mol. The molecule has 1 N–H and O–H groups in total. The van der Waals surface area contributed by atoms with Crippen LogP contribution in [0, 0.1) is 0 Å². The molecule has 1 aliphatic heterocycles. The standard InChI is InChI=1S/C15H23N3O2/c1-3-17-7-9-18(10-8-17)15(19)12-16-13-5-4-6-14(11-13)20-2/h4-6,11,16H,3,7-10,12H2,1-2H3. The molecule has 1 amide bonds. The summed E-state index contributed by atoms with van der Waals surface area (Å²) in [6.07, 6.45) is 0. The number of amides is 1. The zero-order chi connectivity index (χ0) is 14.4. The number of nitrogens with one attached hydrogen (secondary N) is 1. The number of hydrogen-bond acceptors (Lipinski definition) is 4. The molecule has 0 aliphatic carbocycles. The number of carbonyl (C=O) groups excluding carboxylic acids is 1. The second-order valence-corrected chi connectivity index (χ2v) is 4.90. The highest BCUT2D eigenvalue weighted by atomic mass is 16.5. The lowest BCUT2D eigenvalue weighted by atomic mass is 10.3. The van der Waals surface area contributed by atoms with Gasteiger partial charge in [-0.3, -0.25) is 4.79 Å². The summed E-state index contributed by atoms with van der Waals surface area (Å²) in [5, 5.41) is 3.16. The fraction of sp³-hybridized carbons (Fsp3) is 0.533. The highest BCUT2D eigenvalue weighted by Crippen LogP contribution is 2.16. The third kappa shape index (κ3) is 3.87. The van der Waals surface area contributed by atoms with Gasteiger partial charge in [0.1, 0.15) is 5.75 Å². The average Bonchev–Trinajstić information content (AvgIpc) is 2.53. The number of likely N-dealkylation sites (N-methyl/N-ethyl adjacent to an activating group) is 1. The largest absolute Gasteiger partial charge is 0.497 e. The number of hydrogen-bond donors (Lipinski definition) is 1. The van der Waals surface area contributed by atoms with Crippen molar-refractivity contribution in [3.63, 3.8) is 0 Å². The van der Waals surface area contributed by atoms with E-state index < -0.39 is 0 Å². The second-order valence-electron chi connectivity index (χ2n) is 4.90. The summed E-state index contributed by atoms with van der Waals surface area (Å²) in [7, 11) is 1.64. The van der Waals surface area contributed by atoms with Gasteiger partial charge in [0, 0.05) is 37.9 Å². The summed E-state index contributed by atoms with van der Waals surface area (Å²) in [4.78, 5) is 16.4. The van der Waals surface area contributed by atoms with Crippen molar-refractivity contribution in [2.75, 3.05) is 51.7 Å². The van der Waals surface area contributed by atoms with E-state index in [-0.39, 0.29) is 5.91 Å². The third-order valence-electron chi connectivity index (χ3n) is 3.69. The maximum absolute atomic E-state index is 12.1. The van der Waals surface area contributed by atoms with Gasteiger partial charge in [-0.25, -0.2) is 0 Å². The topological polar surface area (TPSA) is 44.8 Å². The minimum Gasteiger partial charge on any atom is -0.497 e. The molecule has 110 valence electrons. The molecule has 1 fully saturated rings. The number of nitrogens with zero attached hydrogens (tertiary/aromatic N) is 2. The Bertz CT molecular complexity index is 442. The zero-order valence-electron chi connectivity index (χ0n) is 12.3. The van der Waals surface area contributed by atoms with Gasteiger partial charge in [-0.2, -0.15) is 0 Å². The van der Waals surface area contributed by atoms with Crippen LogP contribution in [0.1, 0.15) is 6.92 Å². The highest BCUT2D eigenvalue weighted by molar-refractivity contribution is 5.81. The molecule has 0 aromatic heterocycles. The van der Waals surface area contributed by atoms with Crippen molar-refractivity contribution < 1.29 is 9.53 Å². The molecule has 0 atom stereocenters. The summed E-state index contributed by atoms with van der Waals surface area (Å²) in [5.74, 6) is 0.947. The number of methoxy groups -OCH3 is 1. The van der Waals surface area contributed by atoms with Crippen molar-refractivity contribution in [3.05, 3.63) is 24.3 Å². The molecule has 2 rings (SSSR count). The normalized spacial score (nSPS) is 16.0. The Morgan fingerprint density at radius 1 is 1.30 bits per heavy atom. The van der Waals surface area contributed by atoms with E-state index in [1.807, 2.05) is 29.2 Å². The SMILES string of the molecule is CCN1CCN(C(=O)CNc2cccc(OC)c2)CC1. The van der Waals surface area contributed by atoms with E-state index in [1.165, 1.54) is 0 Å². The molecule has 0 saturated carbocycles. The Labute approximate surface area is 120 Å². The Morgan fingerprint density at radius 3 is 2.70 bits per heavy atom. The van der Waals surface area contributed by atoms with Gasteiger partial charge in [0.25, 0.3) is 0 Å². The first-order valence-corrected chi connectivity index (χ1v) is 7.11. The molecule has 0 bridgehead atoms. The van der Waals surface area contributed by atoms with E-state index >= 15 is 0 Å². The number of benzene rings is 1. The molecule has 0 radical (unpaired) electrons. The fourth-order valence-corrected chi connectivity index (χ4v) is 2.34. The zero-order valence-corrected chi connectivity index (χ0v) is 12.3. The van der Waals surface area contributed by atoms with Crippen LogP contribution in [0.3, 0.4) is 0 Å².